The number of benzene rings is 2. The van der Waals surface area contributed by atoms with E-state index in [1.807, 2.05) is 18.2 Å². The topological polar surface area (TPSA) is 38.9 Å². The van der Waals surface area contributed by atoms with E-state index in [4.69, 9.17) is 4.52 Å². The Morgan fingerprint density at radius 3 is 2.62 bits per heavy atom. The molecule has 0 amide bonds. The highest BCUT2D eigenvalue weighted by atomic mass is 16.5. The first-order valence-electron chi connectivity index (χ1n) is 7.25. The number of aryl methyl sites for hydroxylation is 3. The average molecular weight is 278 g/mol. The summed E-state index contributed by atoms with van der Waals surface area (Å²) >= 11 is 0. The lowest BCUT2D eigenvalue weighted by Gasteiger charge is -1.98. The van der Waals surface area contributed by atoms with Crippen LogP contribution in [0.5, 0.6) is 0 Å². The molecule has 0 atom stereocenters. The van der Waals surface area contributed by atoms with Crippen LogP contribution in [0.1, 0.15) is 23.4 Å². The molecule has 0 bridgehead atoms. The molecule has 1 heterocycles. The van der Waals surface area contributed by atoms with E-state index in [1.54, 1.807) is 0 Å². The van der Waals surface area contributed by atoms with Crippen molar-refractivity contribution in [2.45, 2.75) is 26.2 Å². The Hall–Kier alpha value is -2.42. The van der Waals surface area contributed by atoms with Crippen LogP contribution in [0.25, 0.3) is 11.4 Å². The van der Waals surface area contributed by atoms with Crippen molar-refractivity contribution in [2.24, 2.45) is 0 Å². The smallest absolute Gasteiger partial charge is 0.226 e. The first-order valence-corrected chi connectivity index (χ1v) is 7.25. The molecule has 1 aromatic heterocycles. The van der Waals surface area contributed by atoms with Crippen molar-refractivity contribution >= 4 is 0 Å². The van der Waals surface area contributed by atoms with Gasteiger partial charge in [0.2, 0.25) is 11.7 Å². The molecule has 3 aromatic rings. The minimum Gasteiger partial charge on any atom is -0.339 e. The van der Waals surface area contributed by atoms with Crippen LogP contribution in [-0.2, 0) is 12.8 Å². The van der Waals surface area contributed by atoms with Gasteiger partial charge in [-0.15, -0.1) is 0 Å². The fraction of sp³-hybridized carbons (Fsp3) is 0.222. The summed E-state index contributed by atoms with van der Waals surface area (Å²) in [5.41, 5.74) is 3.55. The van der Waals surface area contributed by atoms with Crippen LogP contribution in [0.2, 0.25) is 0 Å². The van der Waals surface area contributed by atoms with Crippen LogP contribution in [-0.4, -0.2) is 10.1 Å². The van der Waals surface area contributed by atoms with Crippen molar-refractivity contribution in [2.75, 3.05) is 0 Å². The molecule has 3 heteroatoms. The molecule has 0 radical (unpaired) electrons. The van der Waals surface area contributed by atoms with Gasteiger partial charge in [0.25, 0.3) is 0 Å². The lowest BCUT2D eigenvalue weighted by Crippen LogP contribution is -1.90. The minimum absolute atomic E-state index is 0.674. The van der Waals surface area contributed by atoms with Gasteiger partial charge in [-0.25, -0.2) is 0 Å². The van der Waals surface area contributed by atoms with Gasteiger partial charge in [-0.2, -0.15) is 4.98 Å². The fourth-order valence-electron chi connectivity index (χ4n) is 2.35. The van der Waals surface area contributed by atoms with Gasteiger partial charge < -0.3 is 4.52 Å². The molecule has 3 rings (SSSR count). The quantitative estimate of drug-likeness (QED) is 0.701. The first kappa shape index (κ1) is 13.6. The third kappa shape index (κ3) is 3.57. The number of aromatic nitrogens is 2. The Morgan fingerprint density at radius 1 is 0.952 bits per heavy atom. The second kappa shape index (κ2) is 6.35. The molecule has 0 N–H and O–H groups in total. The van der Waals surface area contributed by atoms with Gasteiger partial charge >= 0.3 is 0 Å². The van der Waals surface area contributed by atoms with E-state index in [0.717, 1.165) is 24.8 Å². The molecule has 2 aromatic carbocycles. The first-order chi connectivity index (χ1) is 10.3. The molecule has 3 nitrogen and oxygen atoms in total. The zero-order chi connectivity index (χ0) is 14.5. The van der Waals surface area contributed by atoms with Crippen LogP contribution in [0.4, 0.5) is 0 Å². The molecule has 0 unspecified atom stereocenters. The van der Waals surface area contributed by atoms with Crippen LogP contribution in [0.15, 0.2) is 59.1 Å². The summed E-state index contributed by atoms with van der Waals surface area (Å²) in [6.07, 6.45) is 2.86. The Morgan fingerprint density at radius 2 is 1.81 bits per heavy atom. The lowest BCUT2D eigenvalue weighted by molar-refractivity contribution is 0.376. The number of nitrogens with zero attached hydrogens (tertiary/aromatic N) is 2. The Kier molecular flexibility index (Phi) is 4.10. The number of hydrogen-bond donors (Lipinski definition) is 0. The average Bonchev–Trinajstić information content (AvgIpc) is 2.97. The van der Waals surface area contributed by atoms with Gasteiger partial charge in [-0.1, -0.05) is 59.3 Å². The van der Waals surface area contributed by atoms with Crippen molar-refractivity contribution in [3.8, 4) is 11.4 Å². The van der Waals surface area contributed by atoms with Gasteiger partial charge in [0.15, 0.2) is 0 Å². The highest BCUT2D eigenvalue weighted by Gasteiger charge is 2.08. The molecule has 0 fully saturated rings. The molecule has 0 saturated heterocycles. The van der Waals surface area contributed by atoms with Gasteiger partial charge in [0.1, 0.15) is 0 Å². The molecular weight excluding hydrogens is 260 g/mol. The van der Waals surface area contributed by atoms with Crippen molar-refractivity contribution in [3.05, 3.63) is 71.6 Å². The van der Waals surface area contributed by atoms with E-state index in [0.29, 0.717) is 11.7 Å². The molecule has 0 aliphatic carbocycles. The third-order valence-corrected chi connectivity index (χ3v) is 3.44. The summed E-state index contributed by atoms with van der Waals surface area (Å²) in [5, 5.41) is 4.07. The van der Waals surface area contributed by atoms with Gasteiger partial charge in [0, 0.05) is 12.0 Å². The molecular formula is C18H18N2O. The summed E-state index contributed by atoms with van der Waals surface area (Å²) in [5.74, 6) is 1.39. The van der Waals surface area contributed by atoms with E-state index in [9.17, 15) is 0 Å². The Balaban J connectivity index is 1.60. The van der Waals surface area contributed by atoms with Crippen LogP contribution in [0, 0.1) is 6.92 Å². The SMILES string of the molecule is Cc1cccc(-c2noc(CCCc3ccccc3)n2)c1. The molecule has 0 aliphatic rings. The van der Waals surface area contributed by atoms with E-state index in [-0.39, 0.29) is 0 Å². The summed E-state index contributed by atoms with van der Waals surface area (Å²) < 4.78 is 5.34. The summed E-state index contributed by atoms with van der Waals surface area (Å²) in [6, 6.07) is 18.6. The van der Waals surface area contributed by atoms with Gasteiger partial charge in [0.05, 0.1) is 0 Å². The molecule has 106 valence electrons. The zero-order valence-electron chi connectivity index (χ0n) is 12.1. The van der Waals surface area contributed by atoms with Crippen LogP contribution >= 0.6 is 0 Å². The largest absolute Gasteiger partial charge is 0.339 e. The minimum atomic E-state index is 0.674. The highest BCUT2D eigenvalue weighted by molar-refractivity contribution is 5.55. The normalized spacial score (nSPS) is 10.7. The molecule has 21 heavy (non-hydrogen) atoms. The van der Waals surface area contributed by atoms with E-state index >= 15 is 0 Å². The maximum atomic E-state index is 5.34. The second-order valence-electron chi connectivity index (χ2n) is 5.22. The molecule has 0 saturated carbocycles. The van der Waals surface area contributed by atoms with Crippen molar-refractivity contribution in [1.82, 2.24) is 10.1 Å². The summed E-state index contributed by atoms with van der Waals surface area (Å²) in [7, 11) is 0. The van der Waals surface area contributed by atoms with Gasteiger partial charge in [-0.3, -0.25) is 0 Å². The van der Waals surface area contributed by atoms with Crippen molar-refractivity contribution < 1.29 is 4.52 Å². The van der Waals surface area contributed by atoms with E-state index in [2.05, 4.69) is 53.5 Å². The number of hydrogen-bond acceptors (Lipinski definition) is 3. The van der Waals surface area contributed by atoms with E-state index in [1.165, 1.54) is 11.1 Å². The van der Waals surface area contributed by atoms with Crippen LogP contribution < -0.4 is 0 Å². The molecule has 0 aliphatic heterocycles. The maximum Gasteiger partial charge on any atom is 0.226 e. The molecule has 0 spiro atoms. The highest BCUT2D eigenvalue weighted by Crippen LogP contribution is 2.17. The number of rotatable bonds is 5. The van der Waals surface area contributed by atoms with Gasteiger partial charge in [-0.05, 0) is 31.4 Å². The third-order valence-electron chi connectivity index (χ3n) is 3.44. The van der Waals surface area contributed by atoms with Crippen molar-refractivity contribution in [3.63, 3.8) is 0 Å². The predicted molar refractivity (Wildman–Crippen MR) is 82.9 cm³/mol. The maximum absolute atomic E-state index is 5.34. The lowest BCUT2D eigenvalue weighted by atomic mass is 10.1. The summed E-state index contributed by atoms with van der Waals surface area (Å²) in [6.45, 7) is 2.06. The zero-order valence-corrected chi connectivity index (χ0v) is 12.1. The monoisotopic (exact) mass is 278 g/mol. The standard InChI is InChI=1S/C18H18N2O/c1-14-7-5-11-16(13-14)18-19-17(21-20-18)12-6-10-15-8-3-2-4-9-15/h2-5,7-9,11,13H,6,10,12H2,1H3. The fourth-order valence-corrected chi connectivity index (χ4v) is 2.35. The Bertz CT molecular complexity index is 704. The summed E-state index contributed by atoms with van der Waals surface area (Å²) in [4.78, 5) is 4.48. The predicted octanol–water partition coefficient (Wildman–Crippen LogP) is 4.22. The van der Waals surface area contributed by atoms with Crippen LogP contribution in [0.3, 0.4) is 0 Å². The van der Waals surface area contributed by atoms with Crippen molar-refractivity contribution in [1.29, 1.82) is 0 Å². The Labute approximate surface area is 124 Å². The van der Waals surface area contributed by atoms with E-state index < -0.39 is 0 Å². The second-order valence-corrected chi connectivity index (χ2v) is 5.22.